The third-order valence-corrected chi connectivity index (χ3v) is 9.87. The van der Waals surface area contributed by atoms with Crippen molar-refractivity contribution in [1.82, 2.24) is 4.72 Å². The summed E-state index contributed by atoms with van der Waals surface area (Å²) in [7, 11) is -1.65. The first-order valence-corrected chi connectivity index (χ1v) is 18.1. The smallest absolute Gasteiger partial charge is 0.387 e. The van der Waals surface area contributed by atoms with Crippen LogP contribution in [0.4, 0.5) is 8.78 Å². The van der Waals surface area contributed by atoms with Gasteiger partial charge in [-0.1, -0.05) is 48.0 Å². The molecule has 1 aliphatic rings. The lowest BCUT2D eigenvalue weighted by Crippen LogP contribution is -2.42. The highest BCUT2D eigenvalue weighted by Crippen LogP contribution is 2.39. The molecule has 1 N–H and O–H groups in total. The molecule has 0 amide bonds. The molecule has 0 unspecified atom stereocenters. The van der Waals surface area contributed by atoms with Gasteiger partial charge < -0.3 is 28.4 Å². The number of benzene rings is 2. The molecular weight excluding hydrogens is 735 g/mol. The molecule has 2 aromatic carbocycles. The topological polar surface area (TPSA) is 136 Å². The second-order valence-electron chi connectivity index (χ2n) is 11.3. The first kappa shape index (κ1) is 41.6. The zero-order chi connectivity index (χ0) is 37.7. The number of carbonyl (C=O) groups is 2. The van der Waals surface area contributed by atoms with E-state index in [2.05, 4.69) is 16.0 Å². The molecule has 1 saturated carbocycles. The van der Waals surface area contributed by atoms with Crippen LogP contribution in [-0.4, -0.2) is 60.4 Å². The second kappa shape index (κ2) is 19.7. The van der Waals surface area contributed by atoms with Crippen LogP contribution >= 0.6 is 23.2 Å². The predicted molar refractivity (Wildman–Crippen MR) is 187 cm³/mol. The third kappa shape index (κ3) is 12.7. The maximum atomic E-state index is 14.0. The summed E-state index contributed by atoms with van der Waals surface area (Å²) >= 11 is 13.0. The summed E-state index contributed by atoms with van der Waals surface area (Å²) in [6, 6.07) is 6.47. The van der Waals surface area contributed by atoms with Crippen molar-refractivity contribution in [2.45, 2.75) is 69.6 Å². The van der Waals surface area contributed by atoms with Gasteiger partial charge in [-0.3, -0.25) is 9.59 Å². The largest absolute Gasteiger partial charge is 0.493 e. The quantitative estimate of drug-likeness (QED) is 0.0768. The molecule has 1 fully saturated rings. The molecule has 3 rings (SSSR count). The Morgan fingerprint density at radius 2 is 1.73 bits per heavy atom. The van der Waals surface area contributed by atoms with E-state index in [1.165, 1.54) is 63.6 Å². The van der Waals surface area contributed by atoms with Gasteiger partial charge in [-0.15, -0.1) is 0 Å². The molecule has 0 aliphatic heterocycles. The molecular formula is C35H41Cl2F2NO10S. The molecule has 0 radical (unpaired) electrons. The van der Waals surface area contributed by atoms with Crippen molar-refractivity contribution in [3.63, 3.8) is 0 Å². The minimum Gasteiger partial charge on any atom is -0.493 e. The van der Waals surface area contributed by atoms with Crippen molar-refractivity contribution in [2.75, 3.05) is 27.4 Å². The Morgan fingerprint density at radius 3 is 2.31 bits per heavy atom. The van der Waals surface area contributed by atoms with E-state index < -0.39 is 40.7 Å². The number of sulfonamides is 1. The Labute approximate surface area is 306 Å². The minimum atomic E-state index is -4.38. The number of hydrogen-bond acceptors (Lipinski definition) is 10. The van der Waals surface area contributed by atoms with Crippen molar-refractivity contribution in [3.8, 4) is 23.0 Å². The molecule has 11 nitrogen and oxygen atoms in total. The molecule has 0 heterocycles. The number of alkyl halides is 2. The second-order valence-corrected chi connectivity index (χ2v) is 13.8. The summed E-state index contributed by atoms with van der Waals surface area (Å²) < 4.78 is 88.1. The number of esters is 2. The zero-order valence-corrected chi connectivity index (χ0v) is 30.9. The van der Waals surface area contributed by atoms with Gasteiger partial charge in [-0.25, -0.2) is 8.42 Å². The van der Waals surface area contributed by atoms with Crippen molar-refractivity contribution in [3.05, 3.63) is 76.3 Å². The molecule has 1 aliphatic carbocycles. The van der Waals surface area contributed by atoms with Crippen LogP contribution in [0.15, 0.2) is 75.7 Å². The summed E-state index contributed by atoms with van der Waals surface area (Å²) in [5, 5.41) is 0.366. The molecule has 16 heteroatoms. The van der Waals surface area contributed by atoms with Gasteiger partial charge in [0.05, 0.1) is 32.3 Å². The van der Waals surface area contributed by atoms with E-state index in [1.807, 2.05) is 0 Å². The number of carbonyl (C=O) groups excluding carboxylic acids is 2. The van der Waals surface area contributed by atoms with Crippen LogP contribution in [0.25, 0.3) is 0 Å². The summed E-state index contributed by atoms with van der Waals surface area (Å²) in [6.07, 6.45) is 3.36. The molecule has 2 aromatic rings. The maximum absolute atomic E-state index is 14.0. The van der Waals surface area contributed by atoms with Gasteiger partial charge in [-0.05, 0) is 73.9 Å². The number of allylic oxidation sites excluding steroid dienone is 4. The third-order valence-electron chi connectivity index (χ3n) is 7.57. The van der Waals surface area contributed by atoms with Crippen LogP contribution in [0.2, 0.25) is 0 Å². The van der Waals surface area contributed by atoms with E-state index in [4.69, 9.17) is 46.9 Å². The highest BCUT2D eigenvalue weighted by molar-refractivity contribution is 7.89. The van der Waals surface area contributed by atoms with Crippen LogP contribution in [0.1, 0.15) is 57.6 Å². The van der Waals surface area contributed by atoms with Crippen molar-refractivity contribution >= 4 is 45.2 Å². The fourth-order valence-corrected chi connectivity index (χ4v) is 6.37. The van der Waals surface area contributed by atoms with Crippen LogP contribution < -0.4 is 23.7 Å². The lowest BCUT2D eigenvalue weighted by Gasteiger charge is -2.25. The van der Waals surface area contributed by atoms with Gasteiger partial charge in [-0.2, -0.15) is 13.5 Å². The Balaban J connectivity index is 2.05. The number of ether oxygens (including phenoxy) is 6. The Morgan fingerprint density at radius 1 is 1.04 bits per heavy atom. The summed E-state index contributed by atoms with van der Waals surface area (Å²) in [5.74, 6) is -1.12. The van der Waals surface area contributed by atoms with Crippen LogP contribution in [-0.2, 0) is 29.1 Å². The van der Waals surface area contributed by atoms with Crippen molar-refractivity contribution < 1.29 is 55.2 Å². The summed E-state index contributed by atoms with van der Waals surface area (Å²) in [4.78, 5) is 25.1. The van der Waals surface area contributed by atoms with E-state index in [0.29, 0.717) is 5.57 Å². The number of rotatable bonds is 21. The lowest BCUT2D eigenvalue weighted by atomic mass is 9.99. The Hall–Kier alpha value is -3.85. The number of nitrogens with one attached hydrogen (secondary N) is 1. The fourth-order valence-electron chi connectivity index (χ4n) is 4.73. The van der Waals surface area contributed by atoms with Gasteiger partial charge in [0, 0.05) is 29.5 Å². The molecule has 0 spiro atoms. The molecule has 0 saturated heterocycles. The number of hydrogen-bond donors (Lipinski definition) is 1. The SMILES string of the molecule is C=C/C(Cl)=C(C[C@H](OC(=O)[C@@H](CCCOC(C)=O)NS(=O)(=O)c1ccc(OC)c(OC)c1)c1ccc(OC(F)F)c(OCC2CC2)c1)\C(Cl)=C/C. The van der Waals surface area contributed by atoms with Crippen LogP contribution in [0.3, 0.4) is 0 Å². The average Bonchev–Trinajstić information content (AvgIpc) is 3.94. The molecule has 280 valence electrons. The summed E-state index contributed by atoms with van der Waals surface area (Å²) in [6.45, 7) is 3.60. The minimum absolute atomic E-state index is 0.00897. The fraction of sp³-hybridized carbons (Fsp3) is 0.429. The Bertz CT molecular complexity index is 1710. The molecule has 2 atom stereocenters. The van der Waals surface area contributed by atoms with Gasteiger partial charge in [0.15, 0.2) is 23.0 Å². The van der Waals surface area contributed by atoms with Gasteiger partial charge in [0.2, 0.25) is 10.0 Å². The number of halogens is 4. The van der Waals surface area contributed by atoms with E-state index in [9.17, 15) is 26.8 Å². The monoisotopic (exact) mass is 775 g/mol. The first-order valence-electron chi connectivity index (χ1n) is 15.9. The van der Waals surface area contributed by atoms with E-state index >= 15 is 0 Å². The van der Waals surface area contributed by atoms with Crippen molar-refractivity contribution in [2.24, 2.45) is 5.92 Å². The van der Waals surface area contributed by atoms with Gasteiger partial charge >= 0.3 is 18.6 Å². The van der Waals surface area contributed by atoms with E-state index in [0.717, 1.165) is 12.8 Å². The first-order chi connectivity index (χ1) is 24.2. The molecule has 51 heavy (non-hydrogen) atoms. The Kier molecular flexibility index (Phi) is 16.0. The van der Waals surface area contributed by atoms with Gasteiger partial charge in [0.25, 0.3) is 0 Å². The van der Waals surface area contributed by atoms with Gasteiger partial charge in [0.1, 0.15) is 12.1 Å². The standard InChI is InChI=1S/C35H41Cl2F2NO10S/c1-6-26(36)25(27(37)7-2)19-31(23-12-14-30(50-35(38)39)33(17-23)48-20-22-10-11-22)49-34(42)28(9-8-16-47-21(3)41)40-51(43,44)24-13-15-29(45-4)32(18-24)46-5/h6-7,12-15,17-18,22,28,31,35,40H,1,8-11,16,19-20H2,2-5H3/b26-25+,27-7+/t28-,31+/m1/s1. The van der Waals surface area contributed by atoms with Crippen LogP contribution in [0.5, 0.6) is 23.0 Å². The van der Waals surface area contributed by atoms with Crippen molar-refractivity contribution in [1.29, 1.82) is 0 Å². The highest BCUT2D eigenvalue weighted by atomic mass is 35.5. The molecule has 0 bridgehead atoms. The maximum Gasteiger partial charge on any atom is 0.387 e. The van der Waals surface area contributed by atoms with Crippen LogP contribution in [0, 0.1) is 5.92 Å². The number of methoxy groups -OCH3 is 2. The zero-order valence-electron chi connectivity index (χ0n) is 28.6. The lowest BCUT2D eigenvalue weighted by molar-refractivity contribution is -0.151. The average molecular weight is 777 g/mol. The predicted octanol–water partition coefficient (Wildman–Crippen LogP) is 7.58. The highest BCUT2D eigenvalue weighted by Gasteiger charge is 2.32. The molecule has 0 aromatic heterocycles. The van der Waals surface area contributed by atoms with E-state index in [1.54, 1.807) is 13.0 Å². The van der Waals surface area contributed by atoms with E-state index in [-0.39, 0.29) is 81.9 Å². The summed E-state index contributed by atoms with van der Waals surface area (Å²) in [5.41, 5.74) is 0.614. The normalized spacial score (nSPS) is 15.0.